The molecule has 2 unspecified atom stereocenters. The fraction of sp³-hybridized carbons (Fsp3) is 0.294. The zero-order valence-corrected chi connectivity index (χ0v) is 13.4. The average molecular weight is 303 g/mol. The van der Waals surface area contributed by atoms with E-state index in [1.165, 1.54) is 5.56 Å². The first-order valence-electron chi connectivity index (χ1n) is 6.90. The molecule has 3 nitrogen and oxygen atoms in total. The summed E-state index contributed by atoms with van der Waals surface area (Å²) in [5.41, 5.74) is 2.38. The molecule has 0 spiro atoms. The molecule has 2 atom stereocenters. The summed E-state index contributed by atoms with van der Waals surface area (Å²) in [7, 11) is 2.48. The molecule has 0 saturated carbocycles. The van der Waals surface area contributed by atoms with E-state index in [2.05, 4.69) is 36.5 Å². The van der Waals surface area contributed by atoms with E-state index >= 15 is 0 Å². The van der Waals surface area contributed by atoms with Crippen LogP contribution in [0.5, 0.6) is 5.75 Å². The Labute approximate surface area is 128 Å². The average Bonchev–Trinajstić information content (AvgIpc) is 2.53. The molecule has 0 bridgehead atoms. The van der Waals surface area contributed by atoms with Crippen LogP contribution in [0.4, 0.5) is 0 Å². The van der Waals surface area contributed by atoms with Crippen molar-refractivity contribution >= 4 is 10.8 Å². The number of hydrogen-bond acceptors (Lipinski definition) is 3. The van der Waals surface area contributed by atoms with E-state index in [1.807, 2.05) is 31.3 Å². The van der Waals surface area contributed by atoms with Crippen molar-refractivity contribution in [1.29, 1.82) is 0 Å². The van der Waals surface area contributed by atoms with Gasteiger partial charge in [-0.3, -0.25) is 4.21 Å². The van der Waals surface area contributed by atoms with E-state index in [-0.39, 0.29) is 6.04 Å². The van der Waals surface area contributed by atoms with E-state index in [0.717, 1.165) is 16.2 Å². The molecule has 0 heterocycles. The van der Waals surface area contributed by atoms with Gasteiger partial charge < -0.3 is 10.1 Å². The molecule has 112 valence electrons. The van der Waals surface area contributed by atoms with Gasteiger partial charge in [0.2, 0.25) is 0 Å². The molecule has 0 aliphatic carbocycles. The number of hydrogen-bond donors (Lipinski definition) is 1. The second-order valence-corrected chi connectivity index (χ2v) is 6.44. The Bertz CT molecular complexity index is 593. The highest BCUT2D eigenvalue weighted by molar-refractivity contribution is 7.85. The second kappa shape index (κ2) is 7.38. The van der Waals surface area contributed by atoms with Gasteiger partial charge in [0.25, 0.3) is 0 Å². The van der Waals surface area contributed by atoms with Crippen molar-refractivity contribution in [2.45, 2.75) is 17.9 Å². The first-order chi connectivity index (χ1) is 10.1. The minimum absolute atomic E-state index is 0.0773. The standard InChI is InChI=1S/C17H21NO2S/c1-13-4-6-14(7-5-13)17(18-2)12-21(19)16-10-8-15(20-3)9-11-16/h4-11,17-18H,12H2,1-3H3. The summed E-state index contributed by atoms with van der Waals surface area (Å²) in [5.74, 6) is 1.32. The van der Waals surface area contributed by atoms with Crippen LogP contribution in [-0.2, 0) is 10.8 Å². The van der Waals surface area contributed by atoms with E-state index in [1.54, 1.807) is 7.11 Å². The molecule has 0 radical (unpaired) electrons. The normalized spacial score (nSPS) is 13.7. The predicted molar refractivity (Wildman–Crippen MR) is 87.2 cm³/mol. The molecule has 0 aliphatic heterocycles. The Morgan fingerprint density at radius 2 is 1.71 bits per heavy atom. The lowest BCUT2D eigenvalue weighted by Gasteiger charge is -2.16. The van der Waals surface area contributed by atoms with Gasteiger partial charge in [0.05, 0.1) is 17.9 Å². The molecule has 1 N–H and O–H groups in total. The van der Waals surface area contributed by atoms with Crippen molar-refractivity contribution in [3.05, 3.63) is 59.7 Å². The lowest BCUT2D eigenvalue weighted by Crippen LogP contribution is -2.22. The van der Waals surface area contributed by atoms with Gasteiger partial charge in [-0.15, -0.1) is 0 Å². The van der Waals surface area contributed by atoms with Gasteiger partial charge in [-0.25, -0.2) is 0 Å². The van der Waals surface area contributed by atoms with Gasteiger partial charge in [-0.2, -0.15) is 0 Å². The number of nitrogens with one attached hydrogen (secondary N) is 1. The number of aryl methyl sites for hydroxylation is 1. The third-order valence-electron chi connectivity index (χ3n) is 3.47. The van der Waals surface area contributed by atoms with Crippen LogP contribution < -0.4 is 10.1 Å². The molecule has 0 saturated heterocycles. The summed E-state index contributed by atoms with van der Waals surface area (Å²) in [6.07, 6.45) is 0. The molecule has 2 aromatic carbocycles. The summed E-state index contributed by atoms with van der Waals surface area (Å²) in [5, 5.41) is 3.24. The SMILES string of the molecule is CNC(CS(=O)c1ccc(OC)cc1)c1ccc(C)cc1. The van der Waals surface area contributed by atoms with Gasteiger partial charge in [-0.1, -0.05) is 29.8 Å². The number of benzene rings is 2. The highest BCUT2D eigenvalue weighted by Crippen LogP contribution is 2.19. The van der Waals surface area contributed by atoms with E-state index < -0.39 is 10.8 Å². The summed E-state index contributed by atoms with van der Waals surface area (Å²) in [6, 6.07) is 15.8. The summed E-state index contributed by atoms with van der Waals surface area (Å²) >= 11 is 0. The van der Waals surface area contributed by atoms with Gasteiger partial charge in [0, 0.05) is 16.7 Å². The number of methoxy groups -OCH3 is 1. The van der Waals surface area contributed by atoms with Gasteiger partial charge in [0.15, 0.2) is 0 Å². The molecular formula is C17H21NO2S. The predicted octanol–water partition coefficient (Wildman–Crippen LogP) is 3.07. The fourth-order valence-corrected chi connectivity index (χ4v) is 3.41. The second-order valence-electron chi connectivity index (χ2n) is 4.94. The lowest BCUT2D eigenvalue weighted by atomic mass is 10.1. The highest BCUT2D eigenvalue weighted by Gasteiger charge is 2.14. The van der Waals surface area contributed by atoms with Crippen molar-refractivity contribution in [1.82, 2.24) is 5.32 Å². The maximum absolute atomic E-state index is 12.5. The van der Waals surface area contributed by atoms with Crippen LogP contribution in [0.3, 0.4) is 0 Å². The van der Waals surface area contributed by atoms with Crippen LogP contribution in [0.1, 0.15) is 17.2 Å². The third-order valence-corrected chi connectivity index (χ3v) is 4.90. The molecule has 0 amide bonds. The van der Waals surface area contributed by atoms with Crippen molar-refractivity contribution in [2.24, 2.45) is 0 Å². The minimum atomic E-state index is -1.05. The van der Waals surface area contributed by atoms with Crippen molar-refractivity contribution in [2.75, 3.05) is 19.9 Å². The van der Waals surface area contributed by atoms with Crippen LogP contribution in [0.25, 0.3) is 0 Å². The van der Waals surface area contributed by atoms with Gasteiger partial charge in [0.1, 0.15) is 5.75 Å². The Morgan fingerprint density at radius 1 is 1.10 bits per heavy atom. The lowest BCUT2D eigenvalue weighted by molar-refractivity contribution is 0.414. The van der Waals surface area contributed by atoms with E-state index in [4.69, 9.17) is 4.74 Å². The third kappa shape index (κ3) is 4.16. The van der Waals surface area contributed by atoms with Crippen molar-refractivity contribution in [3.63, 3.8) is 0 Å². The number of ether oxygens (including phenoxy) is 1. The highest BCUT2D eigenvalue weighted by atomic mass is 32.2. The Hall–Kier alpha value is -1.65. The summed E-state index contributed by atoms with van der Waals surface area (Å²) in [6.45, 7) is 2.06. The molecule has 0 aromatic heterocycles. The van der Waals surface area contributed by atoms with Gasteiger partial charge >= 0.3 is 0 Å². The van der Waals surface area contributed by atoms with E-state index in [9.17, 15) is 4.21 Å². The van der Waals surface area contributed by atoms with Crippen molar-refractivity contribution in [3.8, 4) is 5.75 Å². The molecule has 2 rings (SSSR count). The van der Waals surface area contributed by atoms with Crippen molar-refractivity contribution < 1.29 is 8.95 Å². The maximum Gasteiger partial charge on any atom is 0.118 e. The van der Waals surface area contributed by atoms with Crippen LogP contribution in [0.15, 0.2) is 53.4 Å². The monoisotopic (exact) mass is 303 g/mol. The van der Waals surface area contributed by atoms with E-state index in [0.29, 0.717) is 5.75 Å². The molecule has 4 heteroatoms. The summed E-state index contributed by atoms with van der Waals surface area (Å²) < 4.78 is 17.6. The molecule has 0 fully saturated rings. The smallest absolute Gasteiger partial charge is 0.118 e. The first kappa shape index (κ1) is 15.7. The Morgan fingerprint density at radius 3 is 2.24 bits per heavy atom. The maximum atomic E-state index is 12.5. The molecule has 0 aliphatic rings. The quantitative estimate of drug-likeness (QED) is 0.891. The fourth-order valence-electron chi connectivity index (χ4n) is 2.12. The van der Waals surface area contributed by atoms with Crippen LogP contribution in [-0.4, -0.2) is 24.1 Å². The van der Waals surface area contributed by atoms with Crippen LogP contribution >= 0.6 is 0 Å². The first-order valence-corrected chi connectivity index (χ1v) is 8.22. The Kier molecular flexibility index (Phi) is 5.53. The van der Waals surface area contributed by atoms with Crippen LogP contribution in [0.2, 0.25) is 0 Å². The topological polar surface area (TPSA) is 38.3 Å². The summed E-state index contributed by atoms with van der Waals surface area (Å²) in [4.78, 5) is 0.822. The number of rotatable bonds is 6. The largest absolute Gasteiger partial charge is 0.497 e. The zero-order valence-electron chi connectivity index (χ0n) is 12.6. The molecule has 21 heavy (non-hydrogen) atoms. The molecule has 2 aromatic rings. The van der Waals surface area contributed by atoms with Crippen LogP contribution in [0, 0.1) is 6.92 Å². The Balaban J connectivity index is 2.10. The van der Waals surface area contributed by atoms with Gasteiger partial charge in [-0.05, 0) is 43.8 Å². The zero-order chi connectivity index (χ0) is 15.2. The molecular weight excluding hydrogens is 282 g/mol. The minimum Gasteiger partial charge on any atom is -0.497 e.